The molecule has 2 amide bonds. The van der Waals surface area contributed by atoms with Gasteiger partial charge in [0.1, 0.15) is 12.3 Å². The van der Waals surface area contributed by atoms with Crippen molar-refractivity contribution in [3.8, 4) is 5.75 Å². The molecule has 158 valence electrons. The Bertz CT molecular complexity index is 1010. The molecule has 30 heavy (non-hydrogen) atoms. The Kier molecular flexibility index (Phi) is 6.82. The second-order valence-corrected chi connectivity index (χ2v) is 8.33. The van der Waals surface area contributed by atoms with Gasteiger partial charge in [-0.25, -0.2) is 0 Å². The summed E-state index contributed by atoms with van der Waals surface area (Å²) in [6.07, 6.45) is 2.01. The van der Waals surface area contributed by atoms with Crippen LogP contribution in [0.1, 0.15) is 39.7 Å². The van der Waals surface area contributed by atoms with Gasteiger partial charge in [-0.2, -0.15) is 0 Å². The number of benzene rings is 2. The van der Waals surface area contributed by atoms with E-state index in [2.05, 4.69) is 0 Å². The Morgan fingerprint density at radius 3 is 2.57 bits per heavy atom. The zero-order valence-electron chi connectivity index (χ0n) is 17.5. The summed E-state index contributed by atoms with van der Waals surface area (Å²) in [7, 11) is 0. The van der Waals surface area contributed by atoms with Crippen LogP contribution in [-0.4, -0.2) is 40.8 Å². The molecule has 0 bridgehead atoms. The summed E-state index contributed by atoms with van der Waals surface area (Å²) < 4.78 is 11.1. The first-order valence-electron chi connectivity index (χ1n) is 9.93. The number of esters is 1. The van der Waals surface area contributed by atoms with E-state index in [-0.39, 0.29) is 17.1 Å². The van der Waals surface area contributed by atoms with E-state index in [1.807, 2.05) is 57.2 Å². The molecule has 2 aromatic carbocycles. The van der Waals surface area contributed by atoms with Crippen molar-refractivity contribution in [2.75, 3.05) is 6.54 Å². The van der Waals surface area contributed by atoms with Crippen LogP contribution in [0.2, 0.25) is 0 Å². The van der Waals surface area contributed by atoms with Crippen LogP contribution in [0.15, 0.2) is 41.3 Å². The summed E-state index contributed by atoms with van der Waals surface area (Å²) in [5, 5.41) is 1.42. The minimum Gasteiger partial charge on any atom is -0.490 e. The van der Waals surface area contributed by atoms with Crippen molar-refractivity contribution in [1.82, 2.24) is 4.90 Å². The van der Waals surface area contributed by atoms with Crippen LogP contribution in [0.25, 0.3) is 16.8 Å². The van der Waals surface area contributed by atoms with Crippen molar-refractivity contribution in [3.05, 3.63) is 46.9 Å². The number of thioether (sulfide) groups is 1. The molecule has 1 saturated heterocycles. The van der Waals surface area contributed by atoms with E-state index in [0.29, 0.717) is 12.2 Å². The standard InChI is InChI=1S/C23H25NO5S/c1-5-15(4)29-21(25)13-24-22(26)20(30-23(24)27)12-18-17-9-7-6-8-16(17)10-11-19(18)28-14(2)3/h6-12,14-15H,5,13H2,1-4H3/b20-12+/t15-/m0/s1. The molecule has 6 nitrogen and oxygen atoms in total. The van der Waals surface area contributed by atoms with E-state index in [0.717, 1.165) is 33.0 Å². The predicted octanol–water partition coefficient (Wildman–Crippen LogP) is 5.01. The van der Waals surface area contributed by atoms with Gasteiger partial charge in [-0.3, -0.25) is 19.3 Å². The summed E-state index contributed by atoms with van der Waals surface area (Å²) in [5.74, 6) is -0.469. The lowest BCUT2D eigenvalue weighted by Gasteiger charge is -2.15. The fraction of sp³-hybridized carbons (Fsp3) is 0.348. The average Bonchev–Trinajstić information content (AvgIpc) is 2.96. The quantitative estimate of drug-likeness (QED) is 0.457. The maximum atomic E-state index is 12.8. The number of ether oxygens (including phenoxy) is 2. The van der Waals surface area contributed by atoms with Crippen LogP contribution in [0.4, 0.5) is 4.79 Å². The van der Waals surface area contributed by atoms with Crippen LogP contribution in [0.5, 0.6) is 5.75 Å². The van der Waals surface area contributed by atoms with Gasteiger partial charge >= 0.3 is 5.97 Å². The van der Waals surface area contributed by atoms with Crippen LogP contribution in [-0.2, 0) is 14.3 Å². The lowest BCUT2D eigenvalue weighted by Crippen LogP contribution is -2.35. The zero-order valence-corrected chi connectivity index (χ0v) is 18.3. The summed E-state index contributed by atoms with van der Waals surface area (Å²) in [6, 6.07) is 11.6. The minimum absolute atomic E-state index is 0.0521. The highest BCUT2D eigenvalue weighted by molar-refractivity contribution is 8.18. The summed E-state index contributed by atoms with van der Waals surface area (Å²) in [4.78, 5) is 38.5. The number of hydrogen-bond acceptors (Lipinski definition) is 6. The van der Waals surface area contributed by atoms with Gasteiger partial charge in [0.25, 0.3) is 11.1 Å². The largest absolute Gasteiger partial charge is 0.490 e. The molecule has 1 heterocycles. The number of carbonyl (C=O) groups is 3. The molecule has 1 atom stereocenters. The van der Waals surface area contributed by atoms with Crippen molar-refractivity contribution in [2.45, 2.75) is 46.3 Å². The van der Waals surface area contributed by atoms with Gasteiger partial charge in [0.15, 0.2) is 0 Å². The molecule has 2 aromatic rings. The Hall–Kier alpha value is -2.80. The Morgan fingerprint density at radius 1 is 1.13 bits per heavy atom. The second kappa shape index (κ2) is 9.34. The van der Waals surface area contributed by atoms with Gasteiger partial charge in [0, 0.05) is 5.56 Å². The fourth-order valence-electron chi connectivity index (χ4n) is 3.02. The first-order chi connectivity index (χ1) is 14.3. The average molecular weight is 428 g/mol. The Balaban J connectivity index is 1.93. The lowest BCUT2D eigenvalue weighted by atomic mass is 10.0. The number of amides is 2. The van der Waals surface area contributed by atoms with Gasteiger partial charge in [-0.15, -0.1) is 0 Å². The molecule has 0 spiro atoms. The van der Waals surface area contributed by atoms with Crippen LogP contribution < -0.4 is 4.74 Å². The van der Waals surface area contributed by atoms with E-state index in [4.69, 9.17) is 9.47 Å². The molecular weight excluding hydrogens is 402 g/mol. The number of imide groups is 1. The van der Waals surface area contributed by atoms with E-state index >= 15 is 0 Å². The Labute approximate surface area is 180 Å². The molecule has 7 heteroatoms. The number of nitrogens with zero attached hydrogens (tertiary/aromatic N) is 1. The van der Waals surface area contributed by atoms with Crippen molar-refractivity contribution >= 4 is 45.7 Å². The summed E-state index contributed by atoms with van der Waals surface area (Å²) in [6.45, 7) is 7.12. The molecule has 1 fully saturated rings. The van der Waals surface area contributed by atoms with Crippen LogP contribution >= 0.6 is 11.8 Å². The smallest absolute Gasteiger partial charge is 0.326 e. The normalized spacial score (nSPS) is 16.6. The number of carbonyl (C=O) groups excluding carboxylic acids is 3. The van der Waals surface area contributed by atoms with Gasteiger partial charge < -0.3 is 9.47 Å². The van der Waals surface area contributed by atoms with Crippen LogP contribution in [0.3, 0.4) is 0 Å². The fourth-order valence-corrected chi connectivity index (χ4v) is 3.84. The highest BCUT2D eigenvalue weighted by atomic mass is 32.2. The Morgan fingerprint density at radius 2 is 1.87 bits per heavy atom. The SMILES string of the molecule is CC[C@H](C)OC(=O)CN1C(=O)S/C(=C/c2c(OC(C)C)ccc3ccccc23)C1=O. The summed E-state index contributed by atoms with van der Waals surface area (Å²) in [5.41, 5.74) is 0.731. The van der Waals surface area contributed by atoms with Gasteiger partial charge in [-0.1, -0.05) is 37.3 Å². The van der Waals surface area contributed by atoms with Crippen molar-refractivity contribution < 1.29 is 23.9 Å². The highest BCUT2D eigenvalue weighted by Gasteiger charge is 2.37. The molecular formula is C23H25NO5S. The number of hydrogen-bond donors (Lipinski definition) is 0. The molecule has 0 N–H and O–H groups in total. The van der Waals surface area contributed by atoms with Crippen molar-refractivity contribution in [2.24, 2.45) is 0 Å². The number of fused-ring (bicyclic) bond motifs is 1. The number of rotatable bonds is 7. The molecule has 0 aromatic heterocycles. The molecule has 3 rings (SSSR count). The zero-order chi connectivity index (χ0) is 21.8. The maximum Gasteiger partial charge on any atom is 0.326 e. The van der Waals surface area contributed by atoms with Gasteiger partial charge in [-0.05, 0) is 61.9 Å². The molecule has 0 saturated carbocycles. The van der Waals surface area contributed by atoms with E-state index in [1.54, 1.807) is 13.0 Å². The molecule has 0 unspecified atom stereocenters. The van der Waals surface area contributed by atoms with E-state index in [9.17, 15) is 14.4 Å². The lowest BCUT2D eigenvalue weighted by molar-refractivity contribution is -0.150. The second-order valence-electron chi connectivity index (χ2n) is 7.34. The van der Waals surface area contributed by atoms with E-state index in [1.165, 1.54) is 0 Å². The third kappa shape index (κ3) is 4.84. The maximum absolute atomic E-state index is 12.8. The van der Waals surface area contributed by atoms with E-state index < -0.39 is 23.7 Å². The predicted molar refractivity (Wildman–Crippen MR) is 118 cm³/mol. The first-order valence-corrected chi connectivity index (χ1v) is 10.7. The molecule has 0 aliphatic carbocycles. The summed E-state index contributed by atoms with van der Waals surface area (Å²) >= 11 is 0.815. The monoisotopic (exact) mass is 427 g/mol. The van der Waals surface area contributed by atoms with Gasteiger partial charge in [0.05, 0.1) is 17.1 Å². The highest BCUT2D eigenvalue weighted by Crippen LogP contribution is 2.37. The van der Waals surface area contributed by atoms with Gasteiger partial charge in [0.2, 0.25) is 0 Å². The van der Waals surface area contributed by atoms with Crippen LogP contribution in [0, 0.1) is 0 Å². The third-order valence-electron chi connectivity index (χ3n) is 4.64. The third-order valence-corrected chi connectivity index (χ3v) is 5.54. The molecule has 0 radical (unpaired) electrons. The first kappa shape index (κ1) is 21.9. The topological polar surface area (TPSA) is 72.9 Å². The minimum atomic E-state index is -0.595. The molecule has 1 aliphatic rings. The van der Waals surface area contributed by atoms with Crippen molar-refractivity contribution in [1.29, 1.82) is 0 Å². The molecule has 1 aliphatic heterocycles. The van der Waals surface area contributed by atoms with Crippen molar-refractivity contribution in [3.63, 3.8) is 0 Å².